The fraction of sp³-hybridized carbons (Fsp3) is 0.333. The molecule has 2 heterocycles. The average Bonchev–Trinajstić information content (AvgIpc) is 3.35. The van der Waals surface area contributed by atoms with Crippen LogP contribution in [0.1, 0.15) is 12.8 Å². The van der Waals surface area contributed by atoms with Gasteiger partial charge in [-0.3, -0.25) is 24.3 Å². The SMILES string of the molecule is O=C(CCN1C(=O)[C@@H]2[C@@H](C1=O)[C@H]1C=C[C@@H]2C1)Oc1cccc2cccnc12. The summed E-state index contributed by atoms with van der Waals surface area (Å²) in [5, 5.41) is 0.878. The van der Waals surface area contributed by atoms with Crippen molar-refractivity contribution in [2.45, 2.75) is 12.8 Å². The fourth-order valence-corrected chi connectivity index (χ4v) is 4.72. The maximum absolute atomic E-state index is 12.6. The summed E-state index contributed by atoms with van der Waals surface area (Å²) in [6.07, 6.45) is 6.63. The van der Waals surface area contributed by atoms with Crippen molar-refractivity contribution in [1.29, 1.82) is 0 Å². The predicted octanol–water partition coefficient (Wildman–Crippen LogP) is 2.34. The number of aromatic nitrogens is 1. The lowest BCUT2D eigenvalue weighted by Crippen LogP contribution is -2.35. The second-order valence-electron chi connectivity index (χ2n) is 7.38. The molecule has 2 amide bonds. The van der Waals surface area contributed by atoms with Gasteiger partial charge in [-0.15, -0.1) is 0 Å². The Morgan fingerprint density at radius 2 is 1.78 bits per heavy atom. The number of carbonyl (C=O) groups excluding carboxylic acids is 3. The third kappa shape index (κ3) is 2.47. The number of rotatable bonds is 4. The van der Waals surface area contributed by atoms with Crippen LogP contribution in [0.25, 0.3) is 10.9 Å². The third-order valence-electron chi connectivity index (χ3n) is 5.92. The van der Waals surface area contributed by atoms with Crippen LogP contribution in [0.15, 0.2) is 48.7 Å². The molecule has 1 saturated carbocycles. The normalized spacial score (nSPS) is 28.2. The van der Waals surface area contributed by atoms with Crippen LogP contribution >= 0.6 is 0 Å². The van der Waals surface area contributed by atoms with Crippen LogP contribution in [-0.4, -0.2) is 34.2 Å². The molecule has 4 atom stereocenters. The number of esters is 1. The molecule has 2 bridgehead atoms. The first-order valence-corrected chi connectivity index (χ1v) is 9.21. The quantitative estimate of drug-likeness (QED) is 0.361. The molecule has 0 spiro atoms. The highest BCUT2D eigenvalue weighted by molar-refractivity contribution is 6.06. The summed E-state index contributed by atoms with van der Waals surface area (Å²) in [5.41, 5.74) is 0.610. The highest BCUT2D eigenvalue weighted by Gasteiger charge is 2.59. The van der Waals surface area contributed by atoms with Gasteiger partial charge in [0.15, 0.2) is 5.75 Å². The van der Waals surface area contributed by atoms with Gasteiger partial charge in [0.05, 0.1) is 18.3 Å². The molecule has 1 saturated heterocycles. The summed E-state index contributed by atoms with van der Waals surface area (Å²) >= 11 is 0. The zero-order valence-electron chi connectivity index (χ0n) is 14.6. The first-order valence-electron chi connectivity index (χ1n) is 9.21. The number of likely N-dealkylation sites (tertiary alicyclic amines) is 1. The number of hydrogen-bond acceptors (Lipinski definition) is 5. The lowest BCUT2D eigenvalue weighted by Gasteiger charge is -2.16. The Bertz CT molecular complexity index is 963. The molecule has 2 fully saturated rings. The Labute approximate surface area is 155 Å². The number of imide groups is 1. The van der Waals surface area contributed by atoms with E-state index >= 15 is 0 Å². The molecule has 136 valence electrons. The van der Waals surface area contributed by atoms with E-state index in [1.807, 2.05) is 18.2 Å². The minimum Gasteiger partial charge on any atom is -0.424 e. The highest BCUT2D eigenvalue weighted by Crippen LogP contribution is 2.52. The van der Waals surface area contributed by atoms with Crippen LogP contribution in [0.5, 0.6) is 5.75 Å². The largest absolute Gasteiger partial charge is 0.424 e. The van der Waals surface area contributed by atoms with Gasteiger partial charge in [0.1, 0.15) is 5.52 Å². The van der Waals surface area contributed by atoms with Crippen molar-refractivity contribution in [2.24, 2.45) is 23.7 Å². The Morgan fingerprint density at radius 1 is 1.07 bits per heavy atom. The Morgan fingerprint density at radius 3 is 2.52 bits per heavy atom. The molecule has 5 rings (SSSR count). The summed E-state index contributed by atoms with van der Waals surface area (Å²) in [7, 11) is 0. The van der Waals surface area contributed by atoms with Crippen LogP contribution in [0.3, 0.4) is 0 Å². The van der Waals surface area contributed by atoms with E-state index in [0.717, 1.165) is 11.8 Å². The number of pyridine rings is 1. The maximum atomic E-state index is 12.6. The standard InChI is InChI=1S/C21H18N2O4/c24-16(27-15-5-1-3-12-4-2-9-22-19(12)15)8-10-23-20(25)17-13-6-7-14(11-13)18(17)21(23)26/h1-7,9,13-14,17-18H,8,10-11H2/t13-,14+,17-,18-/m0/s1. The first-order chi connectivity index (χ1) is 13.1. The van der Waals surface area contributed by atoms with Crippen LogP contribution < -0.4 is 4.74 Å². The zero-order chi connectivity index (χ0) is 18.5. The van der Waals surface area contributed by atoms with Crippen LogP contribution in [0.4, 0.5) is 0 Å². The lowest BCUT2D eigenvalue weighted by atomic mass is 9.85. The topological polar surface area (TPSA) is 76.6 Å². The van der Waals surface area contributed by atoms with E-state index in [9.17, 15) is 14.4 Å². The molecule has 6 nitrogen and oxygen atoms in total. The number of benzene rings is 1. The van der Waals surface area contributed by atoms with Crippen molar-refractivity contribution in [1.82, 2.24) is 9.88 Å². The molecule has 27 heavy (non-hydrogen) atoms. The first kappa shape index (κ1) is 16.2. The minimum absolute atomic E-state index is 0.0249. The Hall–Kier alpha value is -3.02. The van der Waals surface area contributed by atoms with Crippen molar-refractivity contribution in [2.75, 3.05) is 6.54 Å². The number of ether oxygens (including phenoxy) is 1. The van der Waals surface area contributed by atoms with Crippen molar-refractivity contribution in [3.63, 3.8) is 0 Å². The second kappa shape index (κ2) is 6.01. The van der Waals surface area contributed by atoms with Crippen molar-refractivity contribution < 1.29 is 19.1 Å². The van der Waals surface area contributed by atoms with E-state index in [1.165, 1.54) is 4.90 Å². The van der Waals surface area contributed by atoms with Crippen LogP contribution in [0, 0.1) is 23.7 Å². The third-order valence-corrected chi connectivity index (χ3v) is 5.92. The number of carbonyl (C=O) groups is 3. The fourth-order valence-electron chi connectivity index (χ4n) is 4.72. The summed E-state index contributed by atoms with van der Waals surface area (Å²) in [4.78, 5) is 43.1. The Kier molecular flexibility index (Phi) is 3.60. The molecule has 3 aliphatic rings. The summed E-state index contributed by atoms with van der Waals surface area (Å²) in [6, 6.07) is 9.08. The molecule has 1 aromatic carbocycles. The monoisotopic (exact) mass is 362 g/mol. The second-order valence-corrected chi connectivity index (χ2v) is 7.38. The summed E-state index contributed by atoms with van der Waals surface area (Å²) in [5.74, 6) is -0.479. The molecular formula is C21H18N2O4. The molecule has 6 heteroatoms. The molecule has 0 unspecified atom stereocenters. The zero-order valence-corrected chi connectivity index (χ0v) is 14.6. The number of hydrogen-bond donors (Lipinski definition) is 0. The van der Waals surface area contributed by atoms with Gasteiger partial charge < -0.3 is 4.74 Å². The van der Waals surface area contributed by atoms with Gasteiger partial charge in [0.2, 0.25) is 11.8 Å². The van der Waals surface area contributed by atoms with Gasteiger partial charge in [-0.2, -0.15) is 0 Å². The van der Waals surface area contributed by atoms with Gasteiger partial charge in [0.25, 0.3) is 0 Å². The van der Waals surface area contributed by atoms with Crippen molar-refractivity contribution in [3.05, 3.63) is 48.7 Å². The van der Waals surface area contributed by atoms with Gasteiger partial charge >= 0.3 is 5.97 Å². The smallest absolute Gasteiger partial charge is 0.313 e. The van der Waals surface area contributed by atoms with Gasteiger partial charge in [-0.05, 0) is 30.4 Å². The van der Waals surface area contributed by atoms with Crippen molar-refractivity contribution >= 4 is 28.7 Å². The summed E-state index contributed by atoms with van der Waals surface area (Å²) in [6.45, 7) is 0.0706. The minimum atomic E-state index is -0.480. The van der Waals surface area contributed by atoms with Gasteiger partial charge in [-0.25, -0.2) is 0 Å². The molecule has 0 radical (unpaired) electrons. The average molecular weight is 362 g/mol. The number of fused-ring (bicyclic) bond motifs is 6. The number of amides is 2. The van der Waals surface area contributed by atoms with Gasteiger partial charge in [0, 0.05) is 18.1 Å². The molecule has 1 aliphatic heterocycles. The molecule has 2 aromatic rings. The number of para-hydroxylation sites is 1. The van der Waals surface area contributed by atoms with Gasteiger partial charge in [-0.1, -0.05) is 30.4 Å². The number of allylic oxidation sites excluding steroid dienone is 2. The highest BCUT2D eigenvalue weighted by atomic mass is 16.5. The van der Waals surface area contributed by atoms with Crippen LogP contribution in [-0.2, 0) is 14.4 Å². The van der Waals surface area contributed by atoms with E-state index in [1.54, 1.807) is 18.3 Å². The van der Waals surface area contributed by atoms with Crippen LogP contribution in [0.2, 0.25) is 0 Å². The molecule has 1 aromatic heterocycles. The molecular weight excluding hydrogens is 344 g/mol. The van der Waals surface area contributed by atoms with Crippen molar-refractivity contribution in [3.8, 4) is 5.75 Å². The van der Waals surface area contributed by atoms with E-state index in [0.29, 0.717) is 11.3 Å². The maximum Gasteiger partial charge on any atom is 0.313 e. The van der Waals surface area contributed by atoms with E-state index in [4.69, 9.17) is 4.74 Å². The predicted molar refractivity (Wildman–Crippen MR) is 96.4 cm³/mol. The van der Waals surface area contributed by atoms with E-state index in [-0.39, 0.29) is 48.5 Å². The Balaban J connectivity index is 1.26. The number of nitrogens with zero attached hydrogens (tertiary/aromatic N) is 2. The molecule has 2 aliphatic carbocycles. The van der Waals surface area contributed by atoms with E-state index < -0.39 is 5.97 Å². The molecule has 0 N–H and O–H groups in total. The van der Waals surface area contributed by atoms with E-state index in [2.05, 4.69) is 17.1 Å². The lowest BCUT2D eigenvalue weighted by molar-refractivity contribution is -0.142. The summed E-state index contributed by atoms with van der Waals surface area (Å²) < 4.78 is 5.44.